The van der Waals surface area contributed by atoms with E-state index in [4.69, 9.17) is 5.84 Å². The zero-order valence-electron chi connectivity index (χ0n) is 23.4. The molecule has 1 fully saturated rings. The van der Waals surface area contributed by atoms with Gasteiger partial charge in [-0.2, -0.15) is 0 Å². The van der Waals surface area contributed by atoms with E-state index in [-0.39, 0.29) is 12.0 Å². The molecule has 0 bridgehead atoms. The zero-order valence-corrected chi connectivity index (χ0v) is 23.4. The Kier molecular flexibility index (Phi) is 11.0. The molecule has 1 aromatic carbocycles. The summed E-state index contributed by atoms with van der Waals surface area (Å²) in [6.07, 6.45) is 4.80. The van der Waals surface area contributed by atoms with E-state index in [0.717, 1.165) is 37.1 Å². The van der Waals surface area contributed by atoms with Crippen LogP contribution in [-0.4, -0.2) is 58.6 Å². The zero-order chi connectivity index (χ0) is 28.6. The first kappa shape index (κ1) is 31.0. The number of benzene rings is 1. The van der Waals surface area contributed by atoms with E-state index in [1.165, 1.54) is 6.92 Å². The van der Waals surface area contributed by atoms with Crippen LogP contribution >= 0.6 is 0 Å². The molecule has 1 aliphatic rings. The van der Waals surface area contributed by atoms with Gasteiger partial charge in [-0.15, -0.1) is 0 Å². The van der Waals surface area contributed by atoms with Gasteiger partial charge in [0.15, 0.2) is 0 Å². The average molecular weight is 530 g/mol. The maximum atomic E-state index is 13.3. The van der Waals surface area contributed by atoms with Crippen LogP contribution in [0.1, 0.15) is 84.0 Å². The molecular weight excluding hydrogens is 486 g/mol. The number of amides is 4. The number of hydrazine groups is 1. The van der Waals surface area contributed by atoms with Crippen LogP contribution in [-0.2, 0) is 19.2 Å². The number of carbonyl (C=O) groups is 5. The summed E-state index contributed by atoms with van der Waals surface area (Å²) in [5, 5.41) is 8.91. The van der Waals surface area contributed by atoms with Crippen LogP contribution in [0, 0.1) is 11.3 Å². The van der Waals surface area contributed by atoms with Gasteiger partial charge in [-0.1, -0.05) is 72.1 Å². The Bertz CT molecular complexity index is 999. The summed E-state index contributed by atoms with van der Waals surface area (Å²) in [6.45, 7) is 10.2. The highest BCUT2D eigenvalue weighted by Gasteiger charge is 2.40. The van der Waals surface area contributed by atoms with E-state index >= 15 is 0 Å². The average Bonchev–Trinajstić information content (AvgIpc) is 2.86. The number of hydrogen-bond acceptors (Lipinski definition) is 6. The van der Waals surface area contributed by atoms with Crippen molar-refractivity contribution in [3.05, 3.63) is 35.9 Å². The third kappa shape index (κ3) is 8.37. The minimum absolute atomic E-state index is 0.0333. The molecule has 10 heteroatoms. The minimum atomic E-state index is -1.09. The largest absolute Gasteiger partial charge is 0.347 e. The second kappa shape index (κ2) is 13.5. The monoisotopic (exact) mass is 529 g/mol. The van der Waals surface area contributed by atoms with E-state index in [1.54, 1.807) is 65.0 Å². The highest BCUT2D eigenvalue weighted by Crippen LogP contribution is 2.24. The number of hydrogen-bond donors (Lipinski definition) is 4. The lowest BCUT2D eigenvalue weighted by Crippen LogP contribution is -2.61. The first-order chi connectivity index (χ1) is 17.7. The molecule has 1 aromatic rings. The van der Waals surface area contributed by atoms with Crippen molar-refractivity contribution in [2.24, 2.45) is 17.2 Å². The number of rotatable bonds is 10. The molecule has 0 saturated heterocycles. The lowest BCUT2D eigenvalue weighted by Gasteiger charge is -2.36. The molecule has 0 aliphatic heterocycles. The molecule has 1 saturated carbocycles. The Labute approximate surface area is 225 Å². The lowest BCUT2D eigenvalue weighted by molar-refractivity contribution is -0.141. The number of nitrogens with one attached hydrogen (secondary N) is 3. The molecule has 0 spiro atoms. The molecule has 2 rings (SSSR count). The standard InChI is InChI=1S/C28H43N5O5/c1-17(2)21(22(34)25(36)31-20-15-11-8-12-16-20)32-24(35)18(3)30-26(37)23(28(4,5)6)33(29)27(38)19-13-9-7-10-14-19/h7,9-10,13-14,17-18,20-21,23H,8,11-12,15-16,29H2,1-6H3,(H,30,37)(H,31,36)(H,32,35)/t18-,21-,23+/m0/s1. The van der Waals surface area contributed by atoms with Gasteiger partial charge in [-0.25, -0.2) is 5.84 Å². The second-order valence-corrected chi connectivity index (χ2v) is 11.5. The van der Waals surface area contributed by atoms with Gasteiger partial charge >= 0.3 is 0 Å². The van der Waals surface area contributed by atoms with Gasteiger partial charge in [0.1, 0.15) is 12.1 Å². The van der Waals surface area contributed by atoms with Crippen molar-refractivity contribution in [3.8, 4) is 0 Å². The molecule has 5 N–H and O–H groups in total. The summed E-state index contributed by atoms with van der Waals surface area (Å²) in [6, 6.07) is 5.14. The number of nitrogens with two attached hydrogens (primary N) is 1. The van der Waals surface area contributed by atoms with Crippen molar-refractivity contribution >= 4 is 29.4 Å². The van der Waals surface area contributed by atoms with Crippen molar-refractivity contribution in [2.75, 3.05) is 0 Å². The van der Waals surface area contributed by atoms with Crippen LogP contribution in [0.5, 0.6) is 0 Å². The minimum Gasteiger partial charge on any atom is -0.347 e. The molecule has 210 valence electrons. The van der Waals surface area contributed by atoms with Crippen LogP contribution in [0.4, 0.5) is 0 Å². The molecule has 1 aliphatic carbocycles. The number of Topliss-reactive ketones (excluding diaryl/α,β-unsaturated/α-hetero) is 1. The molecule has 3 atom stereocenters. The van der Waals surface area contributed by atoms with Crippen LogP contribution in [0.2, 0.25) is 0 Å². The number of carbonyl (C=O) groups excluding carboxylic acids is 5. The maximum Gasteiger partial charge on any atom is 0.289 e. The van der Waals surface area contributed by atoms with Gasteiger partial charge < -0.3 is 16.0 Å². The molecule has 10 nitrogen and oxygen atoms in total. The van der Waals surface area contributed by atoms with Gasteiger partial charge in [0.25, 0.3) is 11.8 Å². The maximum absolute atomic E-state index is 13.3. The smallest absolute Gasteiger partial charge is 0.289 e. The fraction of sp³-hybridized carbons (Fsp3) is 0.607. The topological polar surface area (TPSA) is 151 Å². The SMILES string of the molecule is CC(C)[C@H](NC(=O)[C@H](C)NC(=O)[C@@H](N(N)C(=O)c1ccccc1)C(C)(C)C)C(=O)C(=O)NC1CCCCC1. The van der Waals surface area contributed by atoms with Crippen LogP contribution in [0.3, 0.4) is 0 Å². The summed E-state index contributed by atoms with van der Waals surface area (Å²) < 4.78 is 0. The third-order valence-electron chi connectivity index (χ3n) is 6.77. The fourth-order valence-electron chi connectivity index (χ4n) is 4.60. The van der Waals surface area contributed by atoms with Crippen molar-refractivity contribution < 1.29 is 24.0 Å². The molecule has 38 heavy (non-hydrogen) atoms. The van der Waals surface area contributed by atoms with E-state index in [0.29, 0.717) is 5.56 Å². The molecule has 0 radical (unpaired) electrons. The van der Waals surface area contributed by atoms with E-state index < -0.39 is 53.0 Å². The first-order valence-electron chi connectivity index (χ1n) is 13.3. The van der Waals surface area contributed by atoms with Gasteiger partial charge in [-0.05, 0) is 43.2 Å². The van der Waals surface area contributed by atoms with Crippen molar-refractivity contribution in [2.45, 2.75) is 97.8 Å². The van der Waals surface area contributed by atoms with Crippen molar-refractivity contribution in [3.63, 3.8) is 0 Å². The quantitative estimate of drug-likeness (QED) is 0.158. The predicted octanol–water partition coefficient (Wildman–Crippen LogP) is 2.08. The predicted molar refractivity (Wildman–Crippen MR) is 144 cm³/mol. The van der Waals surface area contributed by atoms with Gasteiger partial charge in [0.05, 0.1) is 6.04 Å². The highest BCUT2D eigenvalue weighted by atomic mass is 16.2. The summed E-state index contributed by atoms with van der Waals surface area (Å²) in [5.74, 6) is 2.59. The second-order valence-electron chi connectivity index (χ2n) is 11.5. The van der Waals surface area contributed by atoms with Crippen LogP contribution in [0.15, 0.2) is 30.3 Å². The normalized spacial score (nSPS) is 16.6. The van der Waals surface area contributed by atoms with Gasteiger partial charge in [-0.3, -0.25) is 29.0 Å². The number of ketones is 1. The Morgan fingerprint density at radius 3 is 2.00 bits per heavy atom. The first-order valence-corrected chi connectivity index (χ1v) is 13.3. The lowest BCUT2D eigenvalue weighted by atomic mass is 9.85. The Morgan fingerprint density at radius 1 is 0.895 bits per heavy atom. The summed E-state index contributed by atoms with van der Waals surface area (Å²) in [4.78, 5) is 64.7. The van der Waals surface area contributed by atoms with Crippen LogP contribution < -0.4 is 21.8 Å². The third-order valence-corrected chi connectivity index (χ3v) is 6.77. The number of nitrogens with zero attached hydrogens (tertiary/aromatic N) is 1. The van der Waals surface area contributed by atoms with Crippen molar-refractivity contribution in [1.29, 1.82) is 0 Å². The van der Waals surface area contributed by atoms with E-state index in [2.05, 4.69) is 16.0 Å². The van der Waals surface area contributed by atoms with Gasteiger partial charge in [0.2, 0.25) is 17.6 Å². The van der Waals surface area contributed by atoms with E-state index in [1.807, 2.05) is 0 Å². The van der Waals surface area contributed by atoms with E-state index in [9.17, 15) is 24.0 Å². The fourth-order valence-corrected chi connectivity index (χ4v) is 4.60. The Hall–Kier alpha value is -3.27. The Balaban J connectivity index is 2.07. The highest BCUT2D eigenvalue weighted by molar-refractivity contribution is 6.38. The summed E-state index contributed by atoms with van der Waals surface area (Å²) in [7, 11) is 0. The molecule has 0 unspecified atom stereocenters. The van der Waals surface area contributed by atoms with Gasteiger partial charge in [0, 0.05) is 11.6 Å². The van der Waals surface area contributed by atoms with Crippen molar-refractivity contribution in [1.82, 2.24) is 21.0 Å². The molecule has 0 aromatic heterocycles. The summed E-state index contributed by atoms with van der Waals surface area (Å²) in [5.41, 5.74) is -0.430. The molecule has 0 heterocycles. The molecular formula is C28H43N5O5. The Morgan fingerprint density at radius 2 is 1.47 bits per heavy atom. The molecule has 4 amide bonds. The van der Waals surface area contributed by atoms with Crippen LogP contribution in [0.25, 0.3) is 0 Å². The summed E-state index contributed by atoms with van der Waals surface area (Å²) >= 11 is 0.